The number of rotatable bonds is 17. The molecule has 5 aliphatic rings. The maximum atomic E-state index is 10.4. The standard InChI is InChI=1S/C19H22N4O3.C18H19ClN4O4.2C18H19ClN4O3.C17H16Cl2N4O3/c1-2-11-3-5-12(6-4-11)14-8-23(18-16(14)17(20)21-10-22-18)19-15(25)7-13(9-24)26-19;1-26-14-4-9(2-3-12(14)19)11-6-23(17-15(11)16(20)21-8-22-17)18-13(25)5-10(7-24)27-18;1-9-4-10(2-3-13(9)19)12-6-23(17-15(12)16(20)21-8-22-17)18-14(25)5-11(7-24)26-18;1-9-2-3-10(4-13(9)19)12-6-23(17-15(12)16(20)21-8-22-17)18-14(25)5-11(7-24)26-18;18-9-1-8(2-10(19)3-9)12-5-23(16-14(12)15(20)21-7-22-16)17-13(25)4-11(6-24)26-17/h3-6,8,10,13,15,19,24-25H,2,7,9H2,1H3,(H2,20,21,22);2-4,6,8,10,13,18,24-25H,5,7H2,1H3,(H2,20,21,22);2*2-4,6,8,11,14,18,24-25H,5,7H2,1H3,(H2,20,21,22);1-3,5,7,11,13,17,24-25H,4,6H2,(H2,20,21,22)/t13-,15+,19+;10-,13+,18+;2*11-,14+,18+;11-,13+,17+/m00000/s1. The third-order valence-electron chi connectivity index (χ3n) is 23.7. The number of hydrogen-bond acceptors (Lipinski definition) is 31. The summed E-state index contributed by atoms with van der Waals surface area (Å²) in [5.41, 5.74) is 45.0. The molecule has 20 rings (SSSR count). The van der Waals surface area contributed by atoms with E-state index in [1.807, 2.05) is 93.2 Å². The fourth-order valence-electron chi connectivity index (χ4n) is 17.1. The van der Waals surface area contributed by atoms with E-state index >= 15 is 0 Å². The second-order valence-corrected chi connectivity index (χ2v) is 34.3. The Labute approximate surface area is 772 Å². The van der Waals surface area contributed by atoms with Crippen LogP contribution in [0.1, 0.15) is 86.9 Å². The third kappa shape index (κ3) is 18.8. The zero-order valence-corrected chi connectivity index (χ0v) is 74.6. The predicted molar refractivity (Wildman–Crippen MR) is 495 cm³/mol. The van der Waals surface area contributed by atoms with E-state index in [0.29, 0.717) is 142 Å². The van der Waals surface area contributed by atoms with Crippen LogP contribution in [0.25, 0.3) is 111 Å². The van der Waals surface area contributed by atoms with Crippen molar-refractivity contribution in [3.63, 3.8) is 0 Å². The van der Waals surface area contributed by atoms with Crippen LogP contribution < -0.4 is 33.4 Å². The van der Waals surface area contributed by atoms with Gasteiger partial charge in [-0.15, -0.1) is 0 Å². The van der Waals surface area contributed by atoms with Crippen molar-refractivity contribution < 1.29 is 79.5 Å². The minimum Gasteiger partial charge on any atom is -0.495 e. The van der Waals surface area contributed by atoms with Crippen LogP contribution in [-0.4, -0.2) is 225 Å². The summed E-state index contributed by atoms with van der Waals surface area (Å²) < 4.78 is 43.0. The number of ether oxygens (including phenoxy) is 6. The number of fused-ring (bicyclic) bond motifs is 5. The van der Waals surface area contributed by atoms with Crippen LogP contribution in [0.15, 0.2) is 160 Å². The molecule has 686 valence electrons. The molecule has 0 saturated carbocycles. The molecule has 5 aromatic carbocycles. The molecule has 0 bridgehead atoms. The highest BCUT2D eigenvalue weighted by Crippen LogP contribution is 2.47. The number of nitrogens with zero attached hydrogens (tertiary/aromatic N) is 15. The number of benzene rings is 5. The molecule has 0 spiro atoms. The van der Waals surface area contributed by atoms with E-state index in [0.717, 1.165) is 78.6 Å². The summed E-state index contributed by atoms with van der Waals surface area (Å²) in [5.74, 6) is 2.21. The summed E-state index contributed by atoms with van der Waals surface area (Å²) in [6.07, 6.45) is 9.65. The van der Waals surface area contributed by atoms with E-state index in [4.69, 9.17) is 115 Å². The smallest absolute Gasteiger partial charge is 0.161 e. The van der Waals surface area contributed by atoms with Gasteiger partial charge in [-0.05, 0) is 113 Å². The summed E-state index contributed by atoms with van der Waals surface area (Å²) in [5, 5.41) is 105. The van der Waals surface area contributed by atoms with Crippen molar-refractivity contribution in [1.82, 2.24) is 72.7 Å². The summed E-state index contributed by atoms with van der Waals surface area (Å²) in [4.78, 5) is 42.2. The normalized spacial score (nSPS) is 22.9. The van der Waals surface area contributed by atoms with Crippen LogP contribution in [0, 0.1) is 13.8 Å². The Morgan fingerprint density at radius 2 is 0.618 bits per heavy atom. The highest BCUT2D eigenvalue weighted by atomic mass is 35.5. The van der Waals surface area contributed by atoms with Crippen LogP contribution in [0.3, 0.4) is 0 Å². The van der Waals surface area contributed by atoms with Gasteiger partial charge in [0.1, 0.15) is 125 Å². The van der Waals surface area contributed by atoms with E-state index in [-0.39, 0.29) is 39.1 Å². The molecule has 5 aliphatic heterocycles. The molecule has 20 N–H and O–H groups in total. The summed E-state index contributed by atoms with van der Waals surface area (Å²) in [6.45, 7) is 5.23. The number of nitrogen functional groups attached to an aromatic ring is 5. The molecule has 15 heterocycles. The number of aliphatic hydroxyl groups excluding tert-OH is 10. The average Bonchev–Trinajstić information content (AvgIpc) is 1.62. The highest BCUT2D eigenvalue weighted by molar-refractivity contribution is 6.35. The zero-order chi connectivity index (χ0) is 92.7. The SMILES string of the molecule is CCc1ccc(-c2cn([C@@H]3O[C@H](CO)C[C@H]3O)c3ncnc(N)c23)cc1.COc1cc(-c2cn([C@@H]3O[C@H](CO)C[C@H]3O)c3ncnc(N)c23)ccc1Cl.Cc1cc(-c2cn([C@@H]3O[C@H](CO)C[C@H]3O)c3ncnc(N)c23)ccc1Cl.Cc1ccc(-c2cn([C@@H]3O[C@H](CO)C[C@H]3O)c3ncnc(N)c23)cc1Cl.Nc1ncnc2c1c(-c1cc(Cl)cc(Cl)c1)cn2[C@@H]1O[C@H](CO)C[C@H]1O. The quantitative estimate of drug-likeness (QED) is 0.0403. The Balaban J connectivity index is 0.000000120. The highest BCUT2D eigenvalue weighted by Gasteiger charge is 2.42. The summed E-state index contributed by atoms with van der Waals surface area (Å²) in [6, 6.07) is 30.3. The van der Waals surface area contributed by atoms with Crippen molar-refractivity contribution in [3.8, 4) is 61.4 Å². The number of aliphatic hydroxyl groups is 10. The molecule has 0 amide bonds. The Bertz CT molecular complexity index is 6490. The average molecular weight is 1890 g/mol. The van der Waals surface area contributed by atoms with Crippen molar-refractivity contribution in [2.75, 3.05) is 68.8 Å². The molecule has 10 aromatic heterocycles. The number of aryl methyl sites for hydroxylation is 3. The molecular formula is C90H95Cl5N20O16. The van der Waals surface area contributed by atoms with E-state index in [1.54, 1.807) is 66.5 Å². The minimum absolute atomic E-state index is 0.130. The van der Waals surface area contributed by atoms with Gasteiger partial charge in [0.15, 0.2) is 31.1 Å². The minimum atomic E-state index is -0.783. The first-order valence-electron chi connectivity index (χ1n) is 41.8. The van der Waals surface area contributed by atoms with Gasteiger partial charge >= 0.3 is 0 Å². The lowest BCUT2D eigenvalue weighted by Gasteiger charge is -2.17. The van der Waals surface area contributed by atoms with Gasteiger partial charge in [-0.2, -0.15) is 0 Å². The molecule has 0 aliphatic carbocycles. The number of halogens is 5. The Morgan fingerprint density at radius 1 is 0.336 bits per heavy atom. The number of hydrogen-bond donors (Lipinski definition) is 15. The third-order valence-corrected chi connectivity index (χ3v) is 25.3. The Hall–Kier alpha value is -11.2. The van der Waals surface area contributed by atoms with E-state index in [1.165, 1.54) is 37.2 Å². The molecule has 15 atom stereocenters. The van der Waals surface area contributed by atoms with Gasteiger partial charge in [0.2, 0.25) is 0 Å². The second kappa shape index (κ2) is 39.7. The van der Waals surface area contributed by atoms with Crippen LogP contribution in [0.5, 0.6) is 5.75 Å². The van der Waals surface area contributed by atoms with Gasteiger partial charge in [0, 0.05) is 111 Å². The molecule has 36 nitrogen and oxygen atoms in total. The molecular weight excluding hydrogens is 1790 g/mol. The number of aromatic nitrogens is 15. The van der Waals surface area contributed by atoms with Crippen LogP contribution in [0.4, 0.5) is 29.1 Å². The summed E-state index contributed by atoms with van der Waals surface area (Å²) >= 11 is 30.9. The van der Waals surface area contributed by atoms with E-state index < -0.39 is 86.1 Å². The van der Waals surface area contributed by atoms with E-state index in [9.17, 15) is 51.1 Å². The maximum absolute atomic E-state index is 10.4. The molecule has 0 radical (unpaired) electrons. The monoisotopic (exact) mass is 1890 g/mol. The van der Waals surface area contributed by atoms with Crippen molar-refractivity contribution in [2.45, 2.75) is 151 Å². The number of methoxy groups -OCH3 is 1. The van der Waals surface area contributed by atoms with Crippen molar-refractivity contribution >= 4 is 142 Å². The molecule has 41 heteroatoms. The first kappa shape index (κ1) is 93.1. The molecule has 131 heavy (non-hydrogen) atoms. The Morgan fingerprint density at radius 3 is 0.908 bits per heavy atom. The summed E-state index contributed by atoms with van der Waals surface area (Å²) in [7, 11) is 1.55. The zero-order valence-electron chi connectivity index (χ0n) is 70.9. The van der Waals surface area contributed by atoms with Gasteiger partial charge in [-0.3, -0.25) is 0 Å². The van der Waals surface area contributed by atoms with Crippen molar-refractivity contribution in [3.05, 3.63) is 201 Å². The first-order valence-corrected chi connectivity index (χ1v) is 43.7. The number of anilines is 5. The van der Waals surface area contributed by atoms with E-state index in [2.05, 4.69) is 68.9 Å². The molecule has 15 aromatic rings. The van der Waals surface area contributed by atoms with Gasteiger partial charge in [0.05, 0.1) is 103 Å². The van der Waals surface area contributed by atoms with Crippen molar-refractivity contribution in [1.29, 1.82) is 0 Å². The fraction of sp³-hybridized carbons (Fsp3) is 0.333. The molecule has 5 saturated heterocycles. The topological polar surface area (TPSA) is 541 Å². The fourth-order valence-corrected chi connectivity index (χ4v) is 18.1. The van der Waals surface area contributed by atoms with Gasteiger partial charge in [-0.25, -0.2) is 49.8 Å². The molecule has 0 unspecified atom stereocenters. The lowest BCUT2D eigenvalue weighted by molar-refractivity contribution is -0.0483. The lowest BCUT2D eigenvalue weighted by atomic mass is 10.0. The predicted octanol–water partition coefficient (Wildman–Crippen LogP) is 11.1. The lowest BCUT2D eigenvalue weighted by Crippen LogP contribution is -2.19. The molecule has 5 fully saturated rings. The second-order valence-electron chi connectivity index (χ2n) is 32.2. The maximum Gasteiger partial charge on any atom is 0.161 e. The largest absolute Gasteiger partial charge is 0.495 e. The van der Waals surface area contributed by atoms with Gasteiger partial charge < -0.3 is 131 Å². The van der Waals surface area contributed by atoms with Crippen LogP contribution in [0.2, 0.25) is 25.1 Å². The van der Waals surface area contributed by atoms with Crippen molar-refractivity contribution in [2.24, 2.45) is 0 Å². The Kier molecular flexibility index (Phi) is 28.2. The van der Waals surface area contributed by atoms with Crippen LogP contribution >= 0.6 is 58.0 Å². The first-order chi connectivity index (χ1) is 63.1. The van der Waals surface area contributed by atoms with Gasteiger partial charge in [-0.1, -0.05) is 113 Å². The van der Waals surface area contributed by atoms with Gasteiger partial charge in [0.25, 0.3) is 0 Å². The van der Waals surface area contributed by atoms with Crippen LogP contribution in [-0.2, 0) is 30.1 Å². The number of nitrogens with two attached hydrogens (primary N) is 5.